The minimum absolute atomic E-state index is 0.0130. The van der Waals surface area contributed by atoms with Gasteiger partial charge < -0.3 is 10.3 Å². The number of carbonyl (C=O) groups excluding carboxylic acids is 1. The number of rotatable bonds is 4. The van der Waals surface area contributed by atoms with E-state index in [0.29, 0.717) is 23.3 Å². The van der Waals surface area contributed by atoms with Crippen LogP contribution in [-0.4, -0.2) is 34.0 Å². The van der Waals surface area contributed by atoms with Crippen LogP contribution in [0, 0.1) is 5.92 Å². The quantitative estimate of drug-likeness (QED) is 0.932. The van der Waals surface area contributed by atoms with Crippen molar-refractivity contribution in [2.24, 2.45) is 11.7 Å². The molecule has 2 N–H and O–H groups in total. The third-order valence-electron chi connectivity index (χ3n) is 3.90. The number of hydrogen-bond donors (Lipinski definition) is 1. The molecule has 1 fully saturated rings. The highest BCUT2D eigenvalue weighted by molar-refractivity contribution is 6.30. The third kappa shape index (κ3) is 3.45. The standard InChI is InChI=1S/C15H17ClN4O2/c16-12-3-1-2-11(8-12)15-18-13(22-19-15)9-20-6-4-10(5-7-20)14(17)21/h1-3,8,10H,4-7,9H2,(H2,17,21). The van der Waals surface area contributed by atoms with Crippen LogP contribution in [0.5, 0.6) is 0 Å². The zero-order valence-electron chi connectivity index (χ0n) is 12.0. The number of aromatic nitrogens is 2. The zero-order chi connectivity index (χ0) is 15.5. The smallest absolute Gasteiger partial charge is 0.241 e. The van der Waals surface area contributed by atoms with Gasteiger partial charge in [-0.1, -0.05) is 28.9 Å². The normalized spacial score (nSPS) is 16.8. The molecule has 0 unspecified atom stereocenters. The first-order chi connectivity index (χ1) is 10.6. The number of likely N-dealkylation sites (tertiary alicyclic amines) is 1. The topological polar surface area (TPSA) is 85.3 Å². The number of halogens is 1. The molecule has 1 aromatic carbocycles. The van der Waals surface area contributed by atoms with Crippen molar-refractivity contribution in [3.05, 3.63) is 35.2 Å². The van der Waals surface area contributed by atoms with Gasteiger partial charge in [-0.25, -0.2) is 0 Å². The van der Waals surface area contributed by atoms with Gasteiger partial charge in [0.05, 0.1) is 6.54 Å². The molecule has 1 aliphatic rings. The highest BCUT2D eigenvalue weighted by atomic mass is 35.5. The molecule has 116 valence electrons. The van der Waals surface area contributed by atoms with Crippen molar-refractivity contribution in [2.45, 2.75) is 19.4 Å². The first kappa shape index (κ1) is 15.0. The van der Waals surface area contributed by atoms with Crippen molar-refractivity contribution in [1.29, 1.82) is 0 Å². The highest BCUT2D eigenvalue weighted by Crippen LogP contribution is 2.22. The molecule has 1 aromatic heterocycles. The van der Waals surface area contributed by atoms with Crippen LogP contribution in [0.15, 0.2) is 28.8 Å². The van der Waals surface area contributed by atoms with E-state index in [-0.39, 0.29) is 11.8 Å². The number of amides is 1. The molecule has 0 radical (unpaired) electrons. The van der Waals surface area contributed by atoms with E-state index in [2.05, 4.69) is 15.0 Å². The predicted octanol–water partition coefficient (Wildman–Crippen LogP) is 2.09. The van der Waals surface area contributed by atoms with Crippen LogP contribution in [0.4, 0.5) is 0 Å². The summed E-state index contributed by atoms with van der Waals surface area (Å²) in [5.41, 5.74) is 6.16. The van der Waals surface area contributed by atoms with E-state index in [9.17, 15) is 4.79 Å². The van der Waals surface area contributed by atoms with Crippen LogP contribution >= 0.6 is 11.6 Å². The third-order valence-corrected chi connectivity index (χ3v) is 4.13. The summed E-state index contributed by atoms with van der Waals surface area (Å²) < 4.78 is 5.30. The van der Waals surface area contributed by atoms with Gasteiger partial charge in [0, 0.05) is 16.5 Å². The monoisotopic (exact) mass is 320 g/mol. The Hall–Kier alpha value is -1.92. The number of primary amides is 1. The lowest BCUT2D eigenvalue weighted by atomic mass is 9.96. The molecule has 0 saturated carbocycles. The second-order valence-electron chi connectivity index (χ2n) is 5.47. The first-order valence-electron chi connectivity index (χ1n) is 7.22. The molecule has 22 heavy (non-hydrogen) atoms. The molecule has 1 amide bonds. The van der Waals surface area contributed by atoms with Crippen LogP contribution in [-0.2, 0) is 11.3 Å². The molecule has 0 spiro atoms. The van der Waals surface area contributed by atoms with Crippen molar-refractivity contribution in [3.63, 3.8) is 0 Å². The van der Waals surface area contributed by atoms with Gasteiger partial charge in [0.1, 0.15) is 0 Å². The summed E-state index contributed by atoms with van der Waals surface area (Å²) >= 11 is 5.96. The van der Waals surface area contributed by atoms with Gasteiger partial charge >= 0.3 is 0 Å². The second kappa shape index (κ2) is 6.46. The molecule has 2 heterocycles. The number of nitrogens with zero attached hydrogens (tertiary/aromatic N) is 3. The molecule has 1 aliphatic heterocycles. The fourth-order valence-electron chi connectivity index (χ4n) is 2.63. The second-order valence-corrected chi connectivity index (χ2v) is 5.91. The van der Waals surface area contributed by atoms with E-state index in [1.54, 1.807) is 12.1 Å². The van der Waals surface area contributed by atoms with E-state index in [1.807, 2.05) is 12.1 Å². The maximum atomic E-state index is 11.2. The van der Waals surface area contributed by atoms with Crippen LogP contribution in [0.1, 0.15) is 18.7 Å². The maximum absolute atomic E-state index is 11.2. The number of benzene rings is 1. The molecule has 0 aliphatic carbocycles. The number of hydrogen-bond acceptors (Lipinski definition) is 5. The molecule has 1 saturated heterocycles. The van der Waals surface area contributed by atoms with Gasteiger partial charge in [0.15, 0.2) is 0 Å². The van der Waals surface area contributed by atoms with Gasteiger partial charge in [-0.05, 0) is 38.1 Å². The summed E-state index contributed by atoms with van der Waals surface area (Å²) in [7, 11) is 0. The van der Waals surface area contributed by atoms with Crippen molar-refractivity contribution >= 4 is 17.5 Å². The zero-order valence-corrected chi connectivity index (χ0v) is 12.8. The van der Waals surface area contributed by atoms with Crippen LogP contribution in [0.3, 0.4) is 0 Å². The maximum Gasteiger partial charge on any atom is 0.241 e. The Morgan fingerprint density at radius 1 is 1.41 bits per heavy atom. The van der Waals surface area contributed by atoms with E-state index in [0.717, 1.165) is 31.5 Å². The van der Waals surface area contributed by atoms with E-state index >= 15 is 0 Å². The van der Waals surface area contributed by atoms with Crippen LogP contribution < -0.4 is 5.73 Å². The average Bonchev–Trinajstić information content (AvgIpc) is 2.96. The summed E-state index contributed by atoms with van der Waals surface area (Å²) in [6.45, 7) is 2.20. The van der Waals surface area contributed by atoms with Gasteiger partial charge in [0.2, 0.25) is 17.6 Å². The fraction of sp³-hybridized carbons (Fsp3) is 0.400. The van der Waals surface area contributed by atoms with Gasteiger partial charge in [-0.3, -0.25) is 9.69 Å². The van der Waals surface area contributed by atoms with Crippen molar-refractivity contribution in [1.82, 2.24) is 15.0 Å². The lowest BCUT2D eigenvalue weighted by Gasteiger charge is -2.29. The Bertz CT molecular complexity index is 665. The molecule has 0 atom stereocenters. The Morgan fingerprint density at radius 2 is 2.18 bits per heavy atom. The molecule has 0 bridgehead atoms. The summed E-state index contributed by atoms with van der Waals surface area (Å²) in [6.07, 6.45) is 1.56. The first-order valence-corrected chi connectivity index (χ1v) is 7.60. The molecule has 7 heteroatoms. The van der Waals surface area contributed by atoms with Crippen molar-refractivity contribution in [3.8, 4) is 11.4 Å². The lowest BCUT2D eigenvalue weighted by molar-refractivity contribution is -0.123. The predicted molar refractivity (Wildman–Crippen MR) is 81.9 cm³/mol. The molecular weight excluding hydrogens is 304 g/mol. The Kier molecular flexibility index (Phi) is 4.40. The van der Waals surface area contributed by atoms with Gasteiger partial charge in [-0.15, -0.1) is 0 Å². The fourth-order valence-corrected chi connectivity index (χ4v) is 2.82. The summed E-state index contributed by atoms with van der Waals surface area (Å²) in [6, 6.07) is 7.34. The van der Waals surface area contributed by atoms with Crippen molar-refractivity contribution < 1.29 is 9.32 Å². The molecular formula is C15H17ClN4O2. The Labute approximate surface area is 133 Å². The number of nitrogens with two attached hydrogens (primary N) is 1. The van der Waals surface area contributed by atoms with Gasteiger partial charge in [0.25, 0.3) is 0 Å². The highest BCUT2D eigenvalue weighted by Gasteiger charge is 2.24. The Morgan fingerprint density at radius 3 is 2.86 bits per heavy atom. The molecule has 6 nitrogen and oxygen atoms in total. The van der Waals surface area contributed by atoms with E-state index < -0.39 is 0 Å². The van der Waals surface area contributed by atoms with Crippen LogP contribution in [0.2, 0.25) is 5.02 Å². The lowest BCUT2D eigenvalue weighted by Crippen LogP contribution is -2.38. The number of piperidine rings is 1. The van der Waals surface area contributed by atoms with E-state index in [1.165, 1.54) is 0 Å². The summed E-state index contributed by atoms with van der Waals surface area (Å²) in [5.74, 6) is 0.874. The van der Waals surface area contributed by atoms with Crippen molar-refractivity contribution in [2.75, 3.05) is 13.1 Å². The average molecular weight is 321 g/mol. The SMILES string of the molecule is NC(=O)C1CCN(Cc2nc(-c3cccc(Cl)c3)no2)CC1. The summed E-state index contributed by atoms with van der Waals surface area (Å²) in [4.78, 5) is 17.7. The van der Waals surface area contributed by atoms with E-state index in [4.69, 9.17) is 21.9 Å². The molecule has 2 aromatic rings. The molecule has 3 rings (SSSR count). The largest absolute Gasteiger partial charge is 0.369 e. The number of carbonyl (C=O) groups is 1. The Balaban J connectivity index is 1.62. The van der Waals surface area contributed by atoms with Crippen LogP contribution in [0.25, 0.3) is 11.4 Å². The summed E-state index contributed by atoms with van der Waals surface area (Å²) in [5, 5.41) is 4.63. The minimum Gasteiger partial charge on any atom is -0.369 e. The minimum atomic E-state index is -0.208. The van der Waals surface area contributed by atoms with Gasteiger partial charge in [-0.2, -0.15) is 4.98 Å².